The number of nitrogens with one attached hydrogen (secondary N) is 2. The number of aromatic amines is 1. The molecule has 2 aromatic carbocycles. The molecule has 4 N–H and O–H groups in total. The highest BCUT2D eigenvalue weighted by Crippen LogP contribution is 2.39. The fraction of sp³-hybridized carbons (Fsp3) is 0.370. The largest absolute Gasteiger partial charge is 0.401 e. The Hall–Kier alpha value is -3.73. The summed E-state index contributed by atoms with van der Waals surface area (Å²) in [7, 11) is 1.90. The molecule has 1 aliphatic rings. The average molecular weight is 503 g/mol. The second-order valence-electron chi connectivity index (χ2n) is 9.17. The number of hydrogen-bond acceptors (Lipinski definition) is 7. The number of morpholine rings is 1. The van der Waals surface area contributed by atoms with Gasteiger partial charge in [-0.05, 0) is 37.6 Å². The quantitative estimate of drug-likeness (QED) is 0.182. The zero-order chi connectivity index (χ0) is 25.9. The monoisotopic (exact) mass is 502 g/mol. The van der Waals surface area contributed by atoms with E-state index in [1.165, 1.54) is 5.56 Å². The Morgan fingerprint density at radius 1 is 1.14 bits per heavy atom. The van der Waals surface area contributed by atoms with Gasteiger partial charge in [-0.3, -0.25) is 15.0 Å². The molecule has 1 aliphatic heterocycles. The van der Waals surface area contributed by atoms with Crippen LogP contribution in [0.3, 0.4) is 0 Å². The smallest absolute Gasteiger partial charge is 0.204 e. The van der Waals surface area contributed by atoms with E-state index in [2.05, 4.69) is 48.0 Å². The molecule has 2 aromatic heterocycles. The maximum atomic E-state index is 7.75. The fourth-order valence-corrected chi connectivity index (χ4v) is 4.60. The number of H-pyrrole nitrogens is 1. The van der Waals surface area contributed by atoms with E-state index in [9.17, 15) is 0 Å². The predicted octanol–water partition coefficient (Wildman–Crippen LogP) is 3.38. The Bertz CT molecular complexity index is 1380. The van der Waals surface area contributed by atoms with Gasteiger partial charge in [0.2, 0.25) is 5.75 Å². The van der Waals surface area contributed by atoms with Crippen LogP contribution >= 0.6 is 0 Å². The molecular weight excluding hydrogens is 468 g/mol. The summed E-state index contributed by atoms with van der Waals surface area (Å²) in [6.45, 7) is 9.97. The number of aromatic nitrogens is 4. The third-order valence-electron chi connectivity index (χ3n) is 6.68. The van der Waals surface area contributed by atoms with E-state index in [0.29, 0.717) is 17.1 Å². The molecule has 0 aliphatic carbocycles. The molecule has 0 spiro atoms. The summed E-state index contributed by atoms with van der Waals surface area (Å²) in [5, 5.41) is 14.5. The Labute approximate surface area is 216 Å². The number of nitrogen functional groups attached to an aromatic ring is 1. The molecule has 194 valence electrons. The molecule has 0 unspecified atom stereocenters. The Kier molecular flexibility index (Phi) is 7.22. The molecule has 1 fully saturated rings. The summed E-state index contributed by atoms with van der Waals surface area (Å²) >= 11 is 0. The van der Waals surface area contributed by atoms with E-state index in [0.717, 1.165) is 73.9 Å². The minimum atomic E-state index is 0.0171. The predicted molar refractivity (Wildman–Crippen MR) is 144 cm³/mol. The highest BCUT2D eigenvalue weighted by molar-refractivity contribution is 5.98. The number of hydroxylamine groups is 2. The molecule has 10 nitrogen and oxygen atoms in total. The maximum absolute atomic E-state index is 7.75. The number of hydrogen-bond donors (Lipinski definition) is 3. The minimum absolute atomic E-state index is 0.0171. The van der Waals surface area contributed by atoms with Crippen molar-refractivity contribution in [3.63, 3.8) is 0 Å². The summed E-state index contributed by atoms with van der Waals surface area (Å²) in [6, 6.07) is 14.0. The highest BCUT2D eigenvalue weighted by atomic mass is 16.7. The van der Waals surface area contributed by atoms with Gasteiger partial charge in [-0.1, -0.05) is 24.3 Å². The number of ether oxygens (including phenoxy) is 1. The van der Waals surface area contributed by atoms with Crippen LogP contribution in [-0.2, 0) is 18.3 Å². The highest BCUT2D eigenvalue weighted by Gasteiger charge is 2.25. The van der Waals surface area contributed by atoms with Gasteiger partial charge in [0.05, 0.1) is 24.2 Å². The van der Waals surface area contributed by atoms with Crippen molar-refractivity contribution in [2.24, 2.45) is 12.8 Å². The van der Waals surface area contributed by atoms with E-state index in [4.69, 9.17) is 30.8 Å². The molecule has 1 saturated heterocycles. The summed E-state index contributed by atoms with van der Waals surface area (Å²) in [5.41, 5.74) is 11.7. The lowest BCUT2D eigenvalue weighted by molar-refractivity contribution is -0.0476. The van der Waals surface area contributed by atoms with Gasteiger partial charge < -0.3 is 20.3 Å². The Morgan fingerprint density at radius 3 is 2.54 bits per heavy atom. The minimum Gasteiger partial charge on any atom is -0.401 e. The molecule has 3 heterocycles. The van der Waals surface area contributed by atoms with Gasteiger partial charge in [0.1, 0.15) is 17.2 Å². The van der Waals surface area contributed by atoms with Crippen LogP contribution in [0.5, 0.6) is 5.75 Å². The number of amidine groups is 1. The molecule has 0 radical (unpaired) electrons. The van der Waals surface area contributed by atoms with Crippen LogP contribution in [0.2, 0.25) is 0 Å². The first kappa shape index (κ1) is 24.9. The van der Waals surface area contributed by atoms with Crippen molar-refractivity contribution in [3.8, 4) is 28.5 Å². The standard InChI is InChI=1S/C27H34N8O2/c1-4-35(5-2)37-25-23(19-8-6-18(7-9-19)17-34-12-14-36-15-13-34)32-33(3)24(25)27-30-21-11-10-20(26(28)29)16-22(21)31-27/h6-11,16H,4-5,12-15,17H2,1-3H3,(H3,28,29)(H,30,31). The lowest BCUT2D eigenvalue weighted by Gasteiger charge is -2.26. The van der Waals surface area contributed by atoms with Gasteiger partial charge in [-0.15, -0.1) is 5.06 Å². The first-order chi connectivity index (χ1) is 18.0. The van der Waals surface area contributed by atoms with E-state index < -0.39 is 0 Å². The van der Waals surface area contributed by atoms with E-state index in [1.54, 1.807) is 10.7 Å². The number of benzene rings is 2. The summed E-state index contributed by atoms with van der Waals surface area (Å²) in [6.07, 6.45) is 0. The number of aryl methyl sites for hydroxylation is 1. The molecule has 4 aromatic rings. The SMILES string of the molecule is CCN(CC)Oc1c(-c2ccc(CN3CCOCC3)cc2)nn(C)c1-c1nc2ccc(C(=N)N)cc2[nH]1. The van der Waals surface area contributed by atoms with Crippen LogP contribution in [0.1, 0.15) is 25.0 Å². The topological polar surface area (TPSA) is 121 Å². The molecule has 10 heteroatoms. The Balaban J connectivity index is 1.53. The Morgan fingerprint density at radius 2 is 1.86 bits per heavy atom. The number of nitrogens with two attached hydrogens (primary N) is 1. The van der Waals surface area contributed by atoms with Crippen LogP contribution in [-0.4, -0.2) is 74.9 Å². The first-order valence-corrected chi connectivity index (χ1v) is 12.7. The second kappa shape index (κ2) is 10.7. The molecule has 5 rings (SSSR count). The van der Waals surface area contributed by atoms with Gasteiger partial charge in [-0.25, -0.2) is 4.98 Å². The molecule has 0 amide bonds. The van der Waals surface area contributed by atoms with Crippen LogP contribution in [0.15, 0.2) is 42.5 Å². The van der Waals surface area contributed by atoms with Crippen molar-refractivity contribution < 1.29 is 9.57 Å². The third kappa shape index (κ3) is 5.22. The summed E-state index contributed by atoms with van der Waals surface area (Å²) < 4.78 is 7.28. The van der Waals surface area contributed by atoms with Crippen molar-refractivity contribution >= 4 is 16.9 Å². The first-order valence-electron chi connectivity index (χ1n) is 12.7. The molecular formula is C27H34N8O2. The average Bonchev–Trinajstić information content (AvgIpc) is 3.47. The number of fused-ring (bicyclic) bond motifs is 1. The van der Waals surface area contributed by atoms with E-state index >= 15 is 0 Å². The zero-order valence-corrected chi connectivity index (χ0v) is 21.6. The van der Waals surface area contributed by atoms with E-state index in [1.807, 2.05) is 24.2 Å². The van der Waals surface area contributed by atoms with Gasteiger partial charge >= 0.3 is 0 Å². The van der Waals surface area contributed by atoms with Gasteiger partial charge in [0.25, 0.3) is 0 Å². The number of rotatable bonds is 9. The lowest BCUT2D eigenvalue weighted by Crippen LogP contribution is -2.35. The van der Waals surface area contributed by atoms with Crippen LogP contribution in [0, 0.1) is 5.41 Å². The summed E-state index contributed by atoms with van der Waals surface area (Å²) in [5.74, 6) is 1.31. The second-order valence-corrected chi connectivity index (χ2v) is 9.17. The number of imidazole rings is 1. The van der Waals surface area contributed by atoms with Gasteiger partial charge in [-0.2, -0.15) is 5.10 Å². The van der Waals surface area contributed by atoms with Crippen molar-refractivity contribution in [3.05, 3.63) is 53.6 Å². The molecule has 0 atom stereocenters. The molecule has 0 saturated carbocycles. The number of nitrogens with zero attached hydrogens (tertiary/aromatic N) is 5. The van der Waals surface area contributed by atoms with Crippen LogP contribution in [0.4, 0.5) is 0 Å². The van der Waals surface area contributed by atoms with Gasteiger partial charge in [0.15, 0.2) is 5.82 Å². The van der Waals surface area contributed by atoms with Crippen molar-refractivity contribution in [2.45, 2.75) is 20.4 Å². The normalized spacial score (nSPS) is 14.5. The van der Waals surface area contributed by atoms with E-state index in [-0.39, 0.29) is 5.84 Å². The van der Waals surface area contributed by atoms with Crippen LogP contribution < -0.4 is 10.6 Å². The maximum Gasteiger partial charge on any atom is 0.204 e. The molecule has 37 heavy (non-hydrogen) atoms. The molecule has 0 bridgehead atoms. The summed E-state index contributed by atoms with van der Waals surface area (Å²) in [4.78, 5) is 17.0. The third-order valence-corrected chi connectivity index (χ3v) is 6.68. The fourth-order valence-electron chi connectivity index (χ4n) is 4.60. The van der Waals surface area contributed by atoms with Crippen molar-refractivity contribution in [1.29, 1.82) is 5.41 Å². The zero-order valence-electron chi connectivity index (χ0n) is 21.6. The lowest BCUT2D eigenvalue weighted by atomic mass is 10.1. The van der Waals surface area contributed by atoms with Crippen molar-refractivity contribution in [1.82, 2.24) is 29.7 Å². The van der Waals surface area contributed by atoms with Crippen LogP contribution in [0.25, 0.3) is 33.8 Å². The van der Waals surface area contributed by atoms with Gasteiger partial charge in [0, 0.05) is 50.9 Å². The van der Waals surface area contributed by atoms with Crippen molar-refractivity contribution in [2.75, 3.05) is 39.4 Å².